The molecule has 0 spiro atoms. The lowest BCUT2D eigenvalue weighted by Gasteiger charge is -2.19. The molecule has 2 fully saturated rings. The Bertz CT molecular complexity index is 272. The number of rotatable bonds is 4. The van der Waals surface area contributed by atoms with E-state index < -0.39 is 8.07 Å². The fourth-order valence-corrected chi connectivity index (χ4v) is 2.91. The number of hydrogen-bond acceptors (Lipinski definition) is 3. The second-order valence-corrected chi connectivity index (χ2v) is 11.8. The van der Waals surface area contributed by atoms with Crippen molar-refractivity contribution in [1.29, 1.82) is 0 Å². The Kier molecular flexibility index (Phi) is 3.40. The molecule has 1 heterocycles. The number of esters is 1. The molecular weight excluding hydrogens is 220 g/mol. The van der Waals surface area contributed by atoms with Crippen molar-refractivity contribution in [3.05, 3.63) is 0 Å². The summed E-state index contributed by atoms with van der Waals surface area (Å²) in [5.41, 5.74) is 0. The third-order valence-corrected chi connectivity index (χ3v) is 5.14. The molecule has 0 radical (unpaired) electrons. The Balaban J connectivity index is 1.67. The highest BCUT2D eigenvalue weighted by molar-refractivity contribution is 6.76. The van der Waals surface area contributed by atoms with E-state index in [4.69, 9.17) is 9.47 Å². The second kappa shape index (κ2) is 4.49. The first-order valence-corrected chi connectivity index (χ1v) is 9.98. The van der Waals surface area contributed by atoms with Crippen LogP contribution in [0, 0.1) is 5.92 Å². The maximum Gasteiger partial charge on any atom is 0.309 e. The lowest BCUT2D eigenvalue weighted by Crippen LogP contribution is -2.27. The second-order valence-electron chi connectivity index (χ2n) is 6.20. The van der Waals surface area contributed by atoms with E-state index in [9.17, 15) is 4.79 Å². The number of carbonyl (C=O) groups excluding carboxylic acids is 1. The van der Waals surface area contributed by atoms with Crippen LogP contribution in [-0.4, -0.2) is 32.9 Å². The minimum absolute atomic E-state index is 0.00667. The van der Waals surface area contributed by atoms with Crippen LogP contribution in [0.25, 0.3) is 0 Å². The van der Waals surface area contributed by atoms with Gasteiger partial charge in [0.05, 0.1) is 24.7 Å². The van der Waals surface area contributed by atoms with Crippen LogP contribution < -0.4 is 0 Å². The molecule has 3 nitrogen and oxygen atoms in total. The van der Waals surface area contributed by atoms with Crippen molar-refractivity contribution < 1.29 is 14.3 Å². The normalized spacial score (nSPS) is 33.1. The van der Waals surface area contributed by atoms with E-state index in [0.717, 1.165) is 25.3 Å². The lowest BCUT2D eigenvalue weighted by molar-refractivity contribution is -0.148. The number of hydrogen-bond donors (Lipinski definition) is 0. The molecular formula is C12H22O3Si. The molecule has 0 bridgehead atoms. The third kappa shape index (κ3) is 3.32. The zero-order valence-electron chi connectivity index (χ0n) is 10.5. The van der Waals surface area contributed by atoms with Crippen LogP contribution >= 0.6 is 0 Å². The summed E-state index contributed by atoms with van der Waals surface area (Å²) in [5.74, 6) is 0.109. The van der Waals surface area contributed by atoms with E-state index in [0.29, 0.717) is 18.8 Å². The SMILES string of the molecule is C[Si](C)(C)CCOC(=O)[C@H]1CC[C@@H]2O[C@@H]2C1. The molecule has 2 rings (SSSR count). The predicted octanol–water partition coefficient (Wildman–Crippen LogP) is 2.44. The van der Waals surface area contributed by atoms with Crippen molar-refractivity contribution >= 4 is 14.0 Å². The third-order valence-electron chi connectivity index (χ3n) is 3.43. The smallest absolute Gasteiger partial charge is 0.309 e. The summed E-state index contributed by atoms with van der Waals surface area (Å²) in [6.07, 6.45) is 3.70. The first-order chi connectivity index (χ1) is 7.46. The monoisotopic (exact) mass is 242 g/mol. The van der Waals surface area contributed by atoms with Gasteiger partial charge in [0.25, 0.3) is 0 Å². The summed E-state index contributed by atoms with van der Waals surface area (Å²) in [5, 5.41) is 0. The number of ether oxygens (including phenoxy) is 2. The summed E-state index contributed by atoms with van der Waals surface area (Å²) in [7, 11) is -1.08. The summed E-state index contributed by atoms with van der Waals surface area (Å²) >= 11 is 0. The van der Waals surface area contributed by atoms with E-state index in [1.807, 2.05) is 0 Å². The lowest BCUT2D eigenvalue weighted by atomic mass is 9.89. The predicted molar refractivity (Wildman–Crippen MR) is 65.1 cm³/mol. The largest absolute Gasteiger partial charge is 0.466 e. The summed E-state index contributed by atoms with van der Waals surface area (Å²) in [6, 6.07) is 1.06. The Labute approximate surface area is 98.5 Å². The summed E-state index contributed by atoms with van der Waals surface area (Å²) in [6.45, 7) is 7.50. The van der Waals surface area contributed by atoms with Crippen LogP contribution in [0.1, 0.15) is 19.3 Å². The van der Waals surface area contributed by atoms with Crippen molar-refractivity contribution in [2.75, 3.05) is 6.61 Å². The number of epoxide rings is 1. The van der Waals surface area contributed by atoms with Gasteiger partial charge in [-0.15, -0.1) is 0 Å². The first-order valence-electron chi connectivity index (χ1n) is 6.28. The van der Waals surface area contributed by atoms with E-state index in [2.05, 4.69) is 19.6 Å². The zero-order valence-corrected chi connectivity index (χ0v) is 11.5. The van der Waals surface area contributed by atoms with Gasteiger partial charge < -0.3 is 9.47 Å². The fourth-order valence-electron chi connectivity index (χ4n) is 2.19. The van der Waals surface area contributed by atoms with Crippen LogP contribution in [-0.2, 0) is 14.3 Å². The van der Waals surface area contributed by atoms with Crippen LogP contribution in [0.15, 0.2) is 0 Å². The van der Waals surface area contributed by atoms with E-state index in [-0.39, 0.29) is 11.9 Å². The van der Waals surface area contributed by atoms with Crippen LogP contribution in [0.5, 0.6) is 0 Å². The molecule has 0 amide bonds. The van der Waals surface area contributed by atoms with Gasteiger partial charge in [-0.05, 0) is 25.3 Å². The van der Waals surface area contributed by atoms with Gasteiger partial charge in [-0.25, -0.2) is 0 Å². The van der Waals surface area contributed by atoms with Gasteiger partial charge >= 0.3 is 5.97 Å². The molecule has 2 aliphatic rings. The van der Waals surface area contributed by atoms with Crippen molar-refractivity contribution in [1.82, 2.24) is 0 Å². The minimum atomic E-state index is -1.08. The summed E-state index contributed by atoms with van der Waals surface area (Å²) < 4.78 is 10.8. The Hall–Kier alpha value is -0.353. The average Bonchev–Trinajstić information content (AvgIpc) is 2.92. The minimum Gasteiger partial charge on any atom is -0.466 e. The molecule has 0 N–H and O–H groups in total. The molecule has 0 aromatic heterocycles. The molecule has 3 atom stereocenters. The van der Waals surface area contributed by atoms with Gasteiger partial charge in [0.1, 0.15) is 0 Å². The van der Waals surface area contributed by atoms with Crippen LogP contribution in [0.4, 0.5) is 0 Å². The van der Waals surface area contributed by atoms with Crippen molar-refractivity contribution in [2.45, 2.75) is 57.2 Å². The molecule has 1 aliphatic heterocycles. The topological polar surface area (TPSA) is 38.8 Å². The molecule has 0 unspecified atom stereocenters. The number of fused-ring (bicyclic) bond motifs is 1. The zero-order chi connectivity index (χ0) is 11.8. The highest BCUT2D eigenvalue weighted by Gasteiger charge is 2.46. The maximum absolute atomic E-state index is 11.8. The Morgan fingerprint density at radius 1 is 1.31 bits per heavy atom. The Morgan fingerprint density at radius 3 is 2.69 bits per heavy atom. The van der Waals surface area contributed by atoms with Gasteiger partial charge in [0.15, 0.2) is 0 Å². The first kappa shape index (κ1) is 12.1. The van der Waals surface area contributed by atoms with Gasteiger partial charge in [0, 0.05) is 8.07 Å². The molecule has 1 aliphatic carbocycles. The maximum atomic E-state index is 11.8. The van der Waals surface area contributed by atoms with Crippen LogP contribution in [0.2, 0.25) is 25.7 Å². The van der Waals surface area contributed by atoms with E-state index in [1.54, 1.807) is 0 Å². The molecule has 1 saturated heterocycles. The van der Waals surface area contributed by atoms with Crippen LogP contribution in [0.3, 0.4) is 0 Å². The van der Waals surface area contributed by atoms with Gasteiger partial charge in [-0.2, -0.15) is 0 Å². The molecule has 1 saturated carbocycles. The van der Waals surface area contributed by atoms with E-state index in [1.165, 1.54) is 0 Å². The quantitative estimate of drug-likeness (QED) is 0.432. The molecule has 4 heteroatoms. The van der Waals surface area contributed by atoms with E-state index >= 15 is 0 Å². The standard InChI is InChI=1S/C12H22O3Si/c1-16(2,3)7-6-14-12(13)9-4-5-10-11(8-9)15-10/h9-11H,4-8H2,1-3H3/t9-,10-,11+/m0/s1. The molecule has 16 heavy (non-hydrogen) atoms. The van der Waals surface area contributed by atoms with Crippen molar-refractivity contribution in [3.63, 3.8) is 0 Å². The van der Waals surface area contributed by atoms with Gasteiger partial charge in [0.2, 0.25) is 0 Å². The molecule has 92 valence electrons. The molecule has 0 aromatic rings. The highest BCUT2D eigenvalue weighted by atomic mass is 28.3. The van der Waals surface area contributed by atoms with Crippen molar-refractivity contribution in [2.24, 2.45) is 5.92 Å². The highest BCUT2D eigenvalue weighted by Crippen LogP contribution is 2.39. The van der Waals surface area contributed by atoms with Crippen molar-refractivity contribution in [3.8, 4) is 0 Å². The molecule has 0 aromatic carbocycles. The number of carbonyl (C=O) groups is 1. The van der Waals surface area contributed by atoms with Gasteiger partial charge in [-0.3, -0.25) is 4.79 Å². The average molecular weight is 242 g/mol. The Morgan fingerprint density at radius 2 is 2.06 bits per heavy atom. The fraction of sp³-hybridized carbons (Fsp3) is 0.917. The van der Waals surface area contributed by atoms with Gasteiger partial charge in [-0.1, -0.05) is 19.6 Å². The summed E-state index contributed by atoms with van der Waals surface area (Å²) in [4.78, 5) is 11.8.